The molecule has 0 spiro atoms. The molecule has 0 aromatic carbocycles. The Hall–Kier alpha value is -1.86. The Morgan fingerprint density at radius 2 is 2.18 bits per heavy atom. The molecule has 7 nitrogen and oxygen atoms in total. The lowest BCUT2D eigenvalue weighted by molar-refractivity contribution is -0.119. The number of carbonyl (C=O) groups is 1. The predicted octanol–water partition coefficient (Wildman–Crippen LogP) is 1.000. The maximum absolute atomic E-state index is 12.5. The van der Waals surface area contributed by atoms with Crippen LogP contribution in [0.25, 0.3) is 0 Å². The number of nitrogens with one attached hydrogen (secondary N) is 2. The van der Waals surface area contributed by atoms with Crippen molar-refractivity contribution in [2.45, 2.75) is 19.4 Å². The highest BCUT2D eigenvalue weighted by atomic mass is 35.5. The van der Waals surface area contributed by atoms with Crippen molar-refractivity contribution in [2.75, 3.05) is 18.4 Å². The Bertz CT molecular complexity index is 637. The summed E-state index contributed by atoms with van der Waals surface area (Å²) in [7, 11) is 1.89. The van der Waals surface area contributed by atoms with Crippen LogP contribution in [0.1, 0.15) is 18.4 Å². The molecular weight excluding hydrogens is 304 g/mol. The van der Waals surface area contributed by atoms with Crippen LogP contribution in [0.15, 0.2) is 24.8 Å². The van der Waals surface area contributed by atoms with Crippen LogP contribution >= 0.6 is 12.4 Å². The third-order valence-corrected chi connectivity index (χ3v) is 3.93. The summed E-state index contributed by atoms with van der Waals surface area (Å²) in [6.45, 7) is 4.29. The minimum Gasteiger partial charge on any atom is -0.323 e. The van der Waals surface area contributed by atoms with Crippen LogP contribution in [0.3, 0.4) is 0 Å². The van der Waals surface area contributed by atoms with Crippen molar-refractivity contribution in [1.29, 1.82) is 0 Å². The average molecular weight is 325 g/mol. The lowest BCUT2D eigenvalue weighted by Gasteiger charge is -2.16. The summed E-state index contributed by atoms with van der Waals surface area (Å²) in [5, 5.41) is 14.6. The largest absolute Gasteiger partial charge is 0.323 e. The number of hydrogen-bond donors (Lipinski definition) is 2. The van der Waals surface area contributed by atoms with E-state index >= 15 is 0 Å². The molecule has 0 unspecified atom stereocenters. The molecule has 1 amide bonds. The van der Waals surface area contributed by atoms with Gasteiger partial charge in [-0.1, -0.05) is 0 Å². The van der Waals surface area contributed by atoms with Gasteiger partial charge >= 0.3 is 0 Å². The molecule has 0 radical (unpaired) electrons. The molecular formula is C14H21ClN6O. The second kappa shape index (κ2) is 6.93. The van der Waals surface area contributed by atoms with E-state index in [1.165, 1.54) is 0 Å². The highest BCUT2D eigenvalue weighted by Crippen LogP contribution is 2.28. The van der Waals surface area contributed by atoms with Gasteiger partial charge in [-0.3, -0.25) is 14.2 Å². The number of carbonyl (C=O) groups excluding carboxylic acids is 1. The Morgan fingerprint density at radius 3 is 2.82 bits per heavy atom. The number of aromatic nitrogens is 4. The molecule has 0 aliphatic carbocycles. The first-order valence-electron chi connectivity index (χ1n) is 7.20. The van der Waals surface area contributed by atoms with Crippen LogP contribution in [0.5, 0.6) is 0 Å². The predicted molar refractivity (Wildman–Crippen MR) is 86.1 cm³/mol. The van der Waals surface area contributed by atoms with Gasteiger partial charge in [-0.15, -0.1) is 12.4 Å². The van der Waals surface area contributed by atoms with Crippen LogP contribution in [-0.4, -0.2) is 38.6 Å². The van der Waals surface area contributed by atoms with Crippen molar-refractivity contribution in [3.63, 3.8) is 0 Å². The number of halogens is 1. The fourth-order valence-corrected chi connectivity index (χ4v) is 2.77. The molecule has 2 aromatic rings. The van der Waals surface area contributed by atoms with Gasteiger partial charge in [0.1, 0.15) is 0 Å². The average Bonchev–Trinajstić information content (AvgIpc) is 3.17. The maximum atomic E-state index is 12.5. The number of anilines is 1. The standard InChI is InChI=1S/C14H20N6O.ClH/c1-3-20-9-11(5-17-20)18-14(21)13-7-15-6-12(13)10-4-16-19(2)8-10;/h4-5,8-9,12-13,15H,3,6-7H2,1-2H3,(H,18,21);1H/t12-,13+;/m1./s1. The number of nitrogens with zero attached hydrogens (tertiary/aromatic N) is 4. The van der Waals surface area contributed by atoms with E-state index in [1.54, 1.807) is 15.6 Å². The lowest BCUT2D eigenvalue weighted by Crippen LogP contribution is -2.27. The Kier molecular flexibility index (Phi) is 5.20. The molecule has 22 heavy (non-hydrogen) atoms. The van der Waals surface area contributed by atoms with Gasteiger partial charge < -0.3 is 10.6 Å². The summed E-state index contributed by atoms with van der Waals surface area (Å²) in [5.41, 5.74) is 1.85. The monoisotopic (exact) mass is 324 g/mol. The number of amides is 1. The fraction of sp³-hybridized carbons (Fsp3) is 0.500. The number of aryl methyl sites for hydroxylation is 2. The van der Waals surface area contributed by atoms with Crippen molar-refractivity contribution < 1.29 is 4.79 Å². The van der Waals surface area contributed by atoms with Gasteiger partial charge in [-0.2, -0.15) is 10.2 Å². The number of hydrogen-bond acceptors (Lipinski definition) is 4. The van der Waals surface area contributed by atoms with Gasteiger partial charge in [0, 0.05) is 45.0 Å². The summed E-state index contributed by atoms with van der Waals surface area (Å²) in [4.78, 5) is 12.5. The molecule has 1 aliphatic rings. The normalized spacial score (nSPS) is 20.6. The topological polar surface area (TPSA) is 76.8 Å². The highest BCUT2D eigenvalue weighted by molar-refractivity contribution is 5.93. The van der Waals surface area contributed by atoms with Crippen molar-refractivity contribution in [3.8, 4) is 0 Å². The zero-order chi connectivity index (χ0) is 14.8. The second-order valence-corrected chi connectivity index (χ2v) is 5.39. The molecule has 1 saturated heterocycles. The molecule has 2 aromatic heterocycles. The highest BCUT2D eigenvalue weighted by Gasteiger charge is 2.34. The van der Waals surface area contributed by atoms with Crippen molar-refractivity contribution in [3.05, 3.63) is 30.4 Å². The van der Waals surface area contributed by atoms with Crippen LogP contribution in [0, 0.1) is 5.92 Å². The van der Waals surface area contributed by atoms with Crippen molar-refractivity contribution in [1.82, 2.24) is 24.9 Å². The van der Waals surface area contributed by atoms with Crippen LogP contribution < -0.4 is 10.6 Å². The molecule has 3 heterocycles. The van der Waals surface area contributed by atoms with Gasteiger partial charge in [0.25, 0.3) is 0 Å². The zero-order valence-electron chi connectivity index (χ0n) is 12.7. The van der Waals surface area contributed by atoms with Gasteiger partial charge in [0.05, 0.1) is 24.0 Å². The van der Waals surface area contributed by atoms with Gasteiger partial charge in [0.2, 0.25) is 5.91 Å². The first kappa shape index (κ1) is 16.5. The third kappa shape index (κ3) is 3.31. The van der Waals surface area contributed by atoms with Gasteiger partial charge in [0.15, 0.2) is 0 Å². The number of rotatable bonds is 4. The van der Waals surface area contributed by atoms with Crippen LogP contribution in [-0.2, 0) is 18.4 Å². The second-order valence-electron chi connectivity index (χ2n) is 5.39. The molecule has 8 heteroatoms. The van der Waals surface area contributed by atoms with E-state index in [9.17, 15) is 4.79 Å². The van der Waals surface area contributed by atoms with E-state index < -0.39 is 0 Å². The Labute approximate surface area is 135 Å². The summed E-state index contributed by atoms with van der Waals surface area (Å²) in [6.07, 6.45) is 7.35. The first-order valence-corrected chi connectivity index (χ1v) is 7.20. The van der Waals surface area contributed by atoms with Gasteiger partial charge in [-0.05, 0) is 12.5 Å². The minimum absolute atomic E-state index is 0. The molecule has 1 fully saturated rings. The molecule has 1 aliphatic heterocycles. The van der Waals surface area contributed by atoms with Crippen LogP contribution in [0.2, 0.25) is 0 Å². The maximum Gasteiger partial charge on any atom is 0.229 e. The zero-order valence-corrected chi connectivity index (χ0v) is 13.5. The SMILES string of the molecule is CCn1cc(NC(=O)[C@H]2CNC[C@@H]2c2cnn(C)c2)cn1.Cl. The van der Waals surface area contributed by atoms with Crippen LogP contribution in [0.4, 0.5) is 5.69 Å². The first-order chi connectivity index (χ1) is 10.2. The molecule has 2 N–H and O–H groups in total. The van der Waals surface area contributed by atoms with E-state index in [2.05, 4.69) is 20.8 Å². The van der Waals surface area contributed by atoms with Gasteiger partial charge in [-0.25, -0.2) is 0 Å². The van der Waals surface area contributed by atoms with E-state index in [4.69, 9.17) is 0 Å². The summed E-state index contributed by atoms with van der Waals surface area (Å²) < 4.78 is 3.56. The minimum atomic E-state index is -0.0841. The third-order valence-electron chi connectivity index (χ3n) is 3.93. The molecule has 0 bridgehead atoms. The molecule has 2 atom stereocenters. The summed E-state index contributed by atoms with van der Waals surface area (Å²) in [5.74, 6) is 0.114. The lowest BCUT2D eigenvalue weighted by atomic mass is 9.90. The van der Waals surface area contributed by atoms with E-state index in [0.717, 1.165) is 24.3 Å². The van der Waals surface area contributed by atoms with Crippen molar-refractivity contribution in [2.24, 2.45) is 13.0 Å². The molecule has 0 saturated carbocycles. The van der Waals surface area contributed by atoms with E-state index in [-0.39, 0.29) is 30.2 Å². The van der Waals surface area contributed by atoms with E-state index in [1.807, 2.05) is 32.6 Å². The summed E-state index contributed by atoms with van der Waals surface area (Å²) in [6, 6.07) is 0. The summed E-state index contributed by atoms with van der Waals surface area (Å²) >= 11 is 0. The smallest absolute Gasteiger partial charge is 0.229 e. The Morgan fingerprint density at radius 1 is 1.36 bits per heavy atom. The Balaban J connectivity index is 0.00000176. The van der Waals surface area contributed by atoms with E-state index in [0.29, 0.717) is 6.54 Å². The molecule has 120 valence electrons. The quantitative estimate of drug-likeness (QED) is 0.879. The fourth-order valence-electron chi connectivity index (χ4n) is 2.77. The van der Waals surface area contributed by atoms with Crippen molar-refractivity contribution >= 4 is 24.0 Å². The molecule has 3 rings (SSSR count).